The number of aliphatic hydroxyl groups is 1. The van der Waals surface area contributed by atoms with Crippen molar-refractivity contribution in [3.8, 4) is 0 Å². The lowest BCUT2D eigenvalue weighted by Crippen LogP contribution is -2.43. The Morgan fingerprint density at radius 3 is 2.60 bits per heavy atom. The molecule has 0 unspecified atom stereocenters. The SMILES string of the molecule is Cl.OCCC12CC(CN1)C2. The molecule has 10 heavy (non-hydrogen) atoms. The molecule has 3 aliphatic rings. The molecule has 0 aromatic carbocycles. The first-order valence-electron chi connectivity index (χ1n) is 3.71. The maximum Gasteiger partial charge on any atom is 0.0448 e. The molecule has 60 valence electrons. The number of nitrogens with one attached hydrogen (secondary N) is 1. The highest BCUT2D eigenvalue weighted by atomic mass is 35.5. The summed E-state index contributed by atoms with van der Waals surface area (Å²) in [5.74, 6) is 0.941. The van der Waals surface area contributed by atoms with Gasteiger partial charge in [-0.2, -0.15) is 0 Å². The summed E-state index contributed by atoms with van der Waals surface area (Å²) in [6.07, 6.45) is 3.59. The standard InChI is InChI=1S/C7H13NO.ClH/c9-2-1-7-3-6(4-7)5-8-7;/h6,8-9H,1-5H2;1H. The van der Waals surface area contributed by atoms with Gasteiger partial charge >= 0.3 is 0 Å². The molecular formula is C7H14ClNO. The molecule has 0 amide bonds. The molecule has 2 bridgehead atoms. The van der Waals surface area contributed by atoms with Crippen LogP contribution >= 0.6 is 12.4 Å². The second kappa shape index (κ2) is 2.68. The predicted molar refractivity (Wildman–Crippen MR) is 42.4 cm³/mol. The molecular weight excluding hydrogens is 150 g/mol. The first kappa shape index (κ1) is 8.31. The van der Waals surface area contributed by atoms with Gasteiger partial charge in [0, 0.05) is 12.1 Å². The Kier molecular flexibility index (Phi) is 2.23. The van der Waals surface area contributed by atoms with Crippen LogP contribution in [0.25, 0.3) is 0 Å². The number of hydrogen-bond acceptors (Lipinski definition) is 2. The average molecular weight is 164 g/mol. The molecule has 3 heteroatoms. The van der Waals surface area contributed by atoms with E-state index in [1.165, 1.54) is 19.4 Å². The Morgan fingerprint density at radius 2 is 2.20 bits per heavy atom. The van der Waals surface area contributed by atoms with E-state index >= 15 is 0 Å². The largest absolute Gasteiger partial charge is 0.396 e. The lowest BCUT2D eigenvalue weighted by Gasteiger charge is -2.37. The van der Waals surface area contributed by atoms with Crippen molar-refractivity contribution in [1.29, 1.82) is 0 Å². The number of fused-ring (bicyclic) bond motifs is 1. The van der Waals surface area contributed by atoms with Gasteiger partial charge in [0.05, 0.1) is 0 Å². The fraction of sp³-hybridized carbons (Fsp3) is 1.00. The Morgan fingerprint density at radius 1 is 1.50 bits per heavy atom. The first-order chi connectivity index (χ1) is 4.35. The molecule has 3 fully saturated rings. The summed E-state index contributed by atoms with van der Waals surface area (Å²) < 4.78 is 0. The normalized spacial score (nSPS) is 42.3. The quantitative estimate of drug-likeness (QED) is 0.623. The van der Waals surface area contributed by atoms with Crippen LogP contribution in [0.5, 0.6) is 0 Å². The number of hydrogen-bond donors (Lipinski definition) is 2. The van der Waals surface area contributed by atoms with Crippen molar-refractivity contribution in [2.45, 2.75) is 24.8 Å². The van der Waals surface area contributed by atoms with Gasteiger partial charge < -0.3 is 10.4 Å². The summed E-state index contributed by atoms with van der Waals surface area (Å²) in [4.78, 5) is 0. The van der Waals surface area contributed by atoms with E-state index < -0.39 is 0 Å². The summed E-state index contributed by atoms with van der Waals surface area (Å²) in [7, 11) is 0. The molecule has 2 saturated heterocycles. The van der Waals surface area contributed by atoms with Crippen molar-refractivity contribution >= 4 is 12.4 Å². The highest BCUT2D eigenvalue weighted by Crippen LogP contribution is 2.45. The van der Waals surface area contributed by atoms with Crippen molar-refractivity contribution in [3.05, 3.63) is 0 Å². The number of aliphatic hydroxyl groups excluding tert-OH is 1. The molecule has 2 nitrogen and oxygen atoms in total. The van der Waals surface area contributed by atoms with E-state index in [2.05, 4.69) is 5.32 Å². The molecule has 0 spiro atoms. The van der Waals surface area contributed by atoms with Gasteiger partial charge in [-0.05, 0) is 31.7 Å². The minimum absolute atomic E-state index is 0. The van der Waals surface area contributed by atoms with Crippen molar-refractivity contribution in [2.75, 3.05) is 13.2 Å². The van der Waals surface area contributed by atoms with Gasteiger partial charge in [-0.1, -0.05) is 0 Å². The third-order valence-corrected chi connectivity index (χ3v) is 2.71. The topological polar surface area (TPSA) is 32.3 Å². The third kappa shape index (κ3) is 1.04. The molecule has 2 heterocycles. The Balaban J connectivity index is 0.000000500. The molecule has 0 aromatic heterocycles. The van der Waals surface area contributed by atoms with Crippen LogP contribution in [-0.4, -0.2) is 23.8 Å². The molecule has 0 atom stereocenters. The Hall–Kier alpha value is 0.210. The van der Waals surface area contributed by atoms with Gasteiger partial charge in [-0.25, -0.2) is 0 Å². The molecule has 2 aliphatic heterocycles. The van der Waals surface area contributed by atoms with Gasteiger partial charge in [0.1, 0.15) is 0 Å². The van der Waals surface area contributed by atoms with E-state index in [-0.39, 0.29) is 12.4 Å². The summed E-state index contributed by atoms with van der Waals surface area (Å²) in [5, 5.41) is 12.1. The van der Waals surface area contributed by atoms with Crippen molar-refractivity contribution < 1.29 is 5.11 Å². The molecule has 1 aliphatic carbocycles. The lowest BCUT2D eigenvalue weighted by molar-refractivity contribution is 0.161. The van der Waals surface area contributed by atoms with Crippen LogP contribution in [0, 0.1) is 5.92 Å². The first-order valence-corrected chi connectivity index (χ1v) is 3.71. The lowest BCUT2D eigenvalue weighted by atomic mass is 9.72. The van der Waals surface area contributed by atoms with Crippen molar-refractivity contribution in [2.24, 2.45) is 5.92 Å². The monoisotopic (exact) mass is 163 g/mol. The van der Waals surface area contributed by atoms with E-state index in [0.29, 0.717) is 12.1 Å². The zero-order valence-electron chi connectivity index (χ0n) is 5.97. The fourth-order valence-electron chi connectivity index (χ4n) is 2.20. The molecule has 2 N–H and O–H groups in total. The highest BCUT2D eigenvalue weighted by molar-refractivity contribution is 5.85. The van der Waals surface area contributed by atoms with E-state index in [1.54, 1.807) is 0 Å². The second-order valence-corrected chi connectivity index (χ2v) is 3.41. The van der Waals surface area contributed by atoms with Crippen molar-refractivity contribution in [1.82, 2.24) is 5.32 Å². The summed E-state index contributed by atoms with van der Waals surface area (Å²) in [6, 6.07) is 0. The van der Waals surface area contributed by atoms with Crippen LogP contribution in [0.2, 0.25) is 0 Å². The third-order valence-electron chi connectivity index (χ3n) is 2.71. The maximum atomic E-state index is 8.68. The van der Waals surface area contributed by atoms with E-state index in [0.717, 1.165) is 12.3 Å². The smallest absolute Gasteiger partial charge is 0.0448 e. The van der Waals surface area contributed by atoms with Crippen LogP contribution in [-0.2, 0) is 0 Å². The fourth-order valence-corrected chi connectivity index (χ4v) is 2.20. The minimum atomic E-state index is 0. The number of rotatable bonds is 2. The maximum absolute atomic E-state index is 8.68. The van der Waals surface area contributed by atoms with Crippen LogP contribution in [0.1, 0.15) is 19.3 Å². The van der Waals surface area contributed by atoms with Gasteiger partial charge in [-0.3, -0.25) is 0 Å². The molecule has 1 saturated carbocycles. The Labute approximate surface area is 67.4 Å². The molecule has 0 aromatic rings. The van der Waals surface area contributed by atoms with Crippen LogP contribution in [0.3, 0.4) is 0 Å². The van der Waals surface area contributed by atoms with Crippen molar-refractivity contribution in [3.63, 3.8) is 0 Å². The Bertz CT molecular complexity index is 117. The minimum Gasteiger partial charge on any atom is -0.396 e. The van der Waals surface area contributed by atoms with Crippen LogP contribution in [0.4, 0.5) is 0 Å². The van der Waals surface area contributed by atoms with Gasteiger partial charge in [0.15, 0.2) is 0 Å². The average Bonchev–Trinajstić information content (AvgIpc) is 2.22. The summed E-state index contributed by atoms with van der Waals surface area (Å²) in [6.45, 7) is 1.54. The van der Waals surface area contributed by atoms with E-state index in [9.17, 15) is 0 Å². The molecule has 3 rings (SSSR count). The van der Waals surface area contributed by atoms with Crippen LogP contribution < -0.4 is 5.32 Å². The zero-order chi connectivity index (χ0) is 6.32. The van der Waals surface area contributed by atoms with Gasteiger partial charge in [-0.15, -0.1) is 12.4 Å². The van der Waals surface area contributed by atoms with E-state index in [1.807, 2.05) is 0 Å². The van der Waals surface area contributed by atoms with E-state index in [4.69, 9.17) is 5.11 Å². The molecule has 0 radical (unpaired) electrons. The summed E-state index contributed by atoms with van der Waals surface area (Å²) >= 11 is 0. The summed E-state index contributed by atoms with van der Waals surface area (Å²) in [5.41, 5.74) is 0.388. The number of halogens is 1. The van der Waals surface area contributed by atoms with Gasteiger partial charge in [0.25, 0.3) is 0 Å². The zero-order valence-corrected chi connectivity index (χ0v) is 6.78. The van der Waals surface area contributed by atoms with Crippen LogP contribution in [0.15, 0.2) is 0 Å². The highest BCUT2D eigenvalue weighted by Gasteiger charge is 2.49. The van der Waals surface area contributed by atoms with Gasteiger partial charge in [0.2, 0.25) is 0 Å². The predicted octanol–water partition coefficient (Wildman–Crippen LogP) is 0.543. The second-order valence-electron chi connectivity index (χ2n) is 3.41.